The van der Waals surface area contributed by atoms with E-state index >= 15 is 0 Å². The number of phenols is 1. The highest BCUT2D eigenvalue weighted by molar-refractivity contribution is 6.30. The first-order valence-corrected chi connectivity index (χ1v) is 12.6. The maximum atomic E-state index is 14.0. The highest BCUT2D eigenvalue weighted by atomic mass is 35.5. The Hall–Kier alpha value is -4.19. The van der Waals surface area contributed by atoms with Gasteiger partial charge in [-0.2, -0.15) is 5.26 Å². The summed E-state index contributed by atoms with van der Waals surface area (Å²) in [6.07, 6.45) is 4.03. The summed E-state index contributed by atoms with van der Waals surface area (Å²) in [6.45, 7) is 1.78. The average Bonchev–Trinajstić information content (AvgIpc) is 3.48. The first kappa shape index (κ1) is 25.5. The molecule has 1 aromatic heterocycles. The summed E-state index contributed by atoms with van der Waals surface area (Å²) in [5.74, 6) is -0.418. The second-order valence-electron chi connectivity index (χ2n) is 9.24. The number of hydrogen-bond acceptors (Lipinski definition) is 5. The SMILES string of the molecule is N#Cc1ccc(Cn2cncc2CN[C@H]2CCN(Cc3cccc(O)c3-c3cccc(Cl)c3)C2=O)cc1F. The van der Waals surface area contributed by atoms with Crippen molar-refractivity contribution in [2.75, 3.05) is 6.54 Å². The van der Waals surface area contributed by atoms with Gasteiger partial charge < -0.3 is 19.9 Å². The lowest BCUT2D eigenvalue weighted by molar-refractivity contribution is -0.129. The van der Waals surface area contributed by atoms with Crippen LogP contribution in [0.2, 0.25) is 5.02 Å². The van der Waals surface area contributed by atoms with Crippen molar-refractivity contribution in [1.29, 1.82) is 5.26 Å². The van der Waals surface area contributed by atoms with Gasteiger partial charge in [-0.3, -0.25) is 4.79 Å². The maximum absolute atomic E-state index is 14.0. The smallest absolute Gasteiger partial charge is 0.240 e. The molecule has 0 spiro atoms. The monoisotopic (exact) mass is 529 g/mol. The zero-order valence-corrected chi connectivity index (χ0v) is 21.2. The van der Waals surface area contributed by atoms with Crippen LogP contribution < -0.4 is 5.32 Å². The number of amides is 1. The average molecular weight is 530 g/mol. The predicted molar refractivity (Wildman–Crippen MR) is 142 cm³/mol. The van der Waals surface area contributed by atoms with E-state index in [1.54, 1.807) is 47.8 Å². The summed E-state index contributed by atoms with van der Waals surface area (Å²) in [5, 5.41) is 23.4. The number of hydrogen-bond donors (Lipinski definition) is 2. The molecule has 1 aliphatic rings. The molecule has 1 fully saturated rings. The number of halogens is 2. The number of aromatic nitrogens is 2. The molecule has 1 atom stereocenters. The minimum absolute atomic E-state index is 0.00869. The van der Waals surface area contributed by atoms with Gasteiger partial charge in [0, 0.05) is 43.0 Å². The number of phenolic OH excluding ortho intramolecular Hbond substituents is 1. The predicted octanol–water partition coefficient (Wildman–Crippen LogP) is 4.86. The highest BCUT2D eigenvalue weighted by Crippen LogP contribution is 2.35. The van der Waals surface area contributed by atoms with Crippen molar-refractivity contribution in [3.8, 4) is 22.9 Å². The summed E-state index contributed by atoms with van der Waals surface area (Å²) in [4.78, 5) is 19.2. The molecule has 192 valence electrons. The second-order valence-corrected chi connectivity index (χ2v) is 9.68. The van der Waals surface area contributed by atoms with Crippen LogP contribution in [0.4, 0.5) is 4.39 Å². The lowest BCUT2D eigenvalue weighted by atomic mass is 9.98. The quantitative estimate of drug-likeness (QED) is 0.340. The van der Waals surface area contributed by atoms with Gasteiger partial charge in [-0.15, -0.1) is 0 Å². The number of rotatable bonds is 8. The van der Waals surface area contributed by atoms with Crippen LogP contribution in [0.1, 0.15) is 28.8 Å². The van der Waals surface area contributed by atoms with Crippen molar-refractivity contribution in [2.24, 2.45) is 0 Å². The number of likely N-dealkylation sites (tertiary alicyclic amines) is 1. The van der Waals surface area contributed by atoms with Crippen molar-refractivity contribution >= 4 is 17.5 Å². The van der Waals surface area contributed by atoms with E-state index in [2.05, 4.69) is 10.3 Å². The minimum Gasteiger partial charge on any atom is -0.507 e. The number of nitrogens with zero attached hydrogens (tertiary/aromatic N) is 4. The van der Waals surface area contributed by atoms with Crippen molar-refractivity contribution in [2.45, 2.75) is 32.1 Å². The lowest BCUT2D eigenvalue weighted by Gasteiger charge is -2.20. The molecule has 9 heteroatoms. The lowest BCUT2D eigenvalue weighted by Crippen LogP contribution is -2.38. The number of benzene rings is 3. The van der Waals surface area contributed by atoms with E-state index in [9.17, 15) is 14.3 Å². The first-order chi connectivity index (χ1) is 18.4. The summed E-state index contributed by atoms with van der Waals surface area (Å²) in [7, 11) is 0. The zero-order valence-electron chi connectivity index (χ0n) is 20.4. The molecule has 2 N–H and O–H groups in total. The molecular formula is C29H25ClFN5O2. The fourth-order valence-electron chi connectivity index (χ4n) is 4.80. The van der Waals surface area contributed by atoms with Crippen molar-refractivity contribution in [1.82, 2.24) is 19.8 Å². The molecule has 0 unspecified atom stereocenters. The molecule has 2 heterocycles. The summed E-state index contributed by atoms with van der Waals surface area (Å²) in [6, 6.07) is 18.6. The Labute approximate surface area is 224 Å². The molecule has 0 saturated carbocycles. The van der Waals surface area contributed by atoms with Gasteiger partial charge in [0.05, 0.1) is 23.6 Å². The third-order valence-corrected chi connectivity index (χ3v) is 6.97. The van der Waals surface area contributed by atoms with Crippen LogP contribution in [0.5, 0.6) is 5.75 Å². The molecule has 0 bridgehead atoms. The first-order valence-electron chi connectivity index (χ1n) is 12.2. The van der Waals surface area contributed by atoms with Gasteiger partial charge in [0.1, 0.15) is 17.6 Å². The van der Waals surface area contributed by atoms with E-state index < -0.39 is 5.82 Å². The number of carbonyl (C=O) groups excluding carboxylic acids is 1. The fraction of sp³-hybridized carbons (Fsp3) is 0.207. The molecule has 38 heavy (non-hydrogen) atoms. The van der Waals surface area contributed by atoms with Crippen LogP contribution in [-0.2, 0) is 24.4 Å². The third-order valence-electron chi connectivity index (χ3n) is 6.74. The normalized spacial score (nSPS) is 15.1. The fourth-order valence-corrected chi connectivity index (χ4v) is 4.99. The van der Waals surface area contributed by atoms with E-state index in [4.69, 9.17) is 16.9 Å². The summed E-state index contributed by atoms with van der Waals surface area (Å²) < 4.78 is 15.9. The van der Waals surface area contributed by atoms with E-state index in [0.717, 1.165) is 16.8 Å². The van der Waals surface area contributed by atoms with Crippen molar-refractivity contribution in [3.05, 3.63) is 106 Å². The molecule has 7 nitrogen and oxygen atoms in total. The molecule has 1 saturated heterocycles. The van der Waals surface area contributed by atoms with Gasteiger partial charge in [-0.1, -0.05) is 41.9 Å². The largest absolute Gasteiger partial charge is 0.507 e. The van der Waals surface area contributed by atoms with Gasteiger partial charge in [0.25, 0.3) is 0 Å². The van der Waals surface area contributed by atoms with Crippen molar-refractivity contribution < 1.29 is 14.3 Å². The molecule has 0 aliphatic carbocycles. The van der Waals surface area contributed by atoms with Crippen LogP contribution in [0.15, 0.2) is 73.2 Å². The summed E-state index contributed by atoms with van der Waals surface area (Å²) >= 11 is 6.18. The number of aromatic hydroxyl groups is 1. The molecule has 3 aromatic carbocycles. The van der Waals surface area contributed by atoms with Gasteiger partial charge in [0.15, 0.2) is 0 Å². The van der Waals surface area contributed by atoms with Crippen LogP contribution in [0.3, 0.4) is 0 Å². The Balaban J connectivity index is 1.24. The van der Waals surface area contributed by atoms with E-state index in [1.165, 1.54) is 12.1 Å². The Bertz CT molecular complexity index is 1530. The van der Waals surface area contributed by atoms with E-state index in [-0.39, 0.29) is 23.3 Å². The Kier molecular flexibility index (Phi) is 7.40. The molecule has 1 aliphatic heterocycles. The second kappa shape index (κ2) is 11.1. The van der Waals surface area contributed by atoms with Crippen LogP contribution in [0.25, 0.3) is 11.1 Å². The van der Waals surface area contributed by atoms with Gasteiger partial charge in [-0.05, 0) is 53.4 Å². The molecular weight excluding hydrogens is 505 g/mol. The summed E-state index contributed by atoms with van der Waals surface area (Å²) in [5.41, 5.74) is 3.89. The highest BCUT2D eigenvalue weighted by Gasteiger charge is 2.32. The van der Waals surface area contributed by atoms with Crippen LogP contribution in [0, 0.1) is 17.1 Å². The third kappa shape index (κ3) is 5.40. The Morgan fingerprint density at radius 2 is 2.00 bits per heavy atom. The van der Waals surface area contributed by atoms with Gasteiger partial charge >= 0.3 is 0 Å². The molecule has 0 radical (unpaired) electrons. The number of imidazole rings is 1. The topological polar surface area (TPSA) is 94.2 Å². The maximum Gasteiger partial charge on any atom is 0.240 e. The standard InChI is InChI=1S/C29H25ClFN5O2/c30-23-5-1-3-20(12-23)28-22(4-2-6-27(28)37)17-35-10-9-26(29(35)38)34-15-24-14-33-18-36(24)16-19-7-8-21(13-32)25(31)11-19/h1-8,11-12,14,18,26,34,37H,9-10,15-17H2/t26-/m0/s1. The Morgan fingerprint density at radius 1 is 1.16 bits per heavy atom. The number of carbonyl (C=O) groups is 1. The van der Waals surface area contributed by atoms with Gasteiger partial charge in [-0.25, -0.2) is 9.37 Å². The minimum atomic E-state index is -0.549. The number of nitriles is 1. The van der Waals surface area contributed by atoms with E-state index in [0.29, 0.717) is 48.7 Å². The molecule has 1 amide bonds. The molecule has 4 aromatic rings. The zero-order chi connectivity index (χ0) is 26.6. The van der Waals surface area contributed by atoms with Gasteiger partial charge in [0.2, 0.25) is 5.91 Å². The van der Waals surface area contributed by atoms with Crippen LogP contribution >= 0.6 is 11.6 Å². The van der Waals surface area contributed by atoms with Crippen LogP contribution in [-0.4, -0.2) is 38.1 Å². The van der Waals surface area contributed by atoms with Crippen molar-refractivity contribution in [3.63, 3.8) is 0 Å². The number of nitrogens with one attached hydrogen (secondary N) is 1. The van der Waals surface area contributed by atoms with E-state index in [1.807, 2.05) is 28.8 Å². The molecule has 5 rings (SSSR count). The Morgan fingerprint density at radius 3 is 2.79 bits per heavy atom.